The lowest BCUT2D eigenvalue weighted by Gasteiger charge is -2.45. The van der Waals surface area contributed by atoms with Gasteiger partial charge in [-0.05, 0) is 123 Å². The number of hydrogen-bond acceptors (Lipinski definition) is 12. The number of nitrogens with zero attached hydrogens (tertiary/aromatic N) is 12. The molecule has 8 aromatic rings. The van der Waals surface area contributed by atoms with Crippen molar-refractivity contribution in [2.75, 3.05) is 36.0 Å². The fraction of sp³-hybridized carbons (Fsp3) is 0.333. The first-order chi connectivity index (χ1) is 31.7. The van der Waals surface area contributed by atoms with Gasteiger partial charge in [0.2, 0.25) is 5.82 Å². The third-order valence-electron chi connectivity index (χ3n) is 11.9. The molecule has 0 aliphatic carbocycles. The minimum absolute atomic E-state index is 0.182. The third-order valence-corrected chi connectivity index (χ3v) is 12.5. The number of anilines is 2. The van der Waals surface area contributed by atoms with Crippen molar-refractivity contribution >= 4 is 44.7 Å². The summed E-state index contributed by atoms with van der Waals surface area (Å²) in [7, 11) is 0. The van der Waals surface area contributed by atoms with Crippen LogP contribution in [0.3, 0.4) is 0 Å². The highest BCUT2D eigenvalue weighted by Gasteiger charge is 2.34. The molecule has 2 aliphatic heterocycles. The van der Waals surface area contributed by atoms with Crippen molar-refractivity contribution in [3.8, 4) is 44.8 Å². The van der Waals surface area contributed by atoms with Crippen LogP contribution in [0.15, 0.2) is 108 Å². The van der Waals surface area contributed by atoms with E-state index in [0.29, 0.717) is 30.8 Å². The second kappa shape index (κ2) is 18.2. The van der Waals surface area contributed by atoms with Gasteiger partial charge in [-0.1, -0.05) is 30.3 Å². The Bertz CT molecular complexity index is 2950. The monoisotopic (exact) mass is 954 g/mol. The molecule has 0 saturated carbocycles. The molecule has 340 valence electrons. The van der Waals surface area contributed by atoms with Gasteiger partial charge in [-0.15, -0.1) is 10.2 Å². The summed E-state index contributed by atoms with van der Waals surface area (Å²) < 4.78 is 24.3. The summed E-state index contributed by atoms with van der Waals surface area (Å²) in [6, 6.07) is 23.1. The second-order valence-corrected chi connectivity index (χ2v) is 18.9. The number of amides is 1. The number of tetrazole rings is 1. The average molecular weight is 956 g/mol. The molecular formula is C48H52BrFN14O2. The average Bonchev–Trinajstić information content (AvgIpc) is 4.07. The van der Waals surface area contributed by atoms with Crippen LogP contribution in [0.2, 0.25) is 0 Å². The first-order valence-electron chi connectivity index (χ1n) is 22.0. The van der Waals surface area contributed by atoms with E-state index in [1.165, 1.54) is 11.8 Å². The highest BCUT2D eigenvalue weighted by molar-refractivity contribution is 9.10. The van der Waals surface area contributed by atoms with Gasteiger partial charge >= 0.3 is 6.09 Å². The van der Waals surface area contributed by atoms with Crippen LogP contribution in [-0.4, -0.2) is 117 Å². The summed E-state index contributed by atoms with van der Waals surface area (Å²) in [5.41, 5.74) is 9.30. The molecule has 2 aliphatic rings. The minimum atomic E-state index is -0.485. The van der Waals surface area contributed by atoms with Crippen molar-refractivity contribution in [1.82, 2.24) is 60.0 Å². The smallest absolute Gasteiger partial charge is 0.410 e. The number of carbonyl (C=O) groups excluding carboxylic acids is 1. The number of ether oxygens (including phenoxy) is 1. The Morgan fingerprint density at radius 2 is 1.24 bits per heavy atom. The van der Waals surface area contributed by atoms with E-state index in [2.05, 4.69) is 148 Å². The van der Waals surface area contributed by atoms with Crippen LogP contribution in [0, 0.1) is 5.82 Å². The van der Waals surface area contributed by atoms with Gasteiger partial charge in [-0.2, -0.15) is 15.4 Å². The molecule has 3 aromatic carbocycles. The Morgan fingerprint density at radius 3 is 1.82 bits per heavy atom. The summed E-state index contributed by atoms with van der Waals surface area (Å²) in [5.74, 6) is -0.223. The van der Waals surface area contributed by atoms with Gasteiger partial charge in [0.15, 0.2) is 11.3 Å². The van der Waals surface area contributed by atoms with Gasteiger partial charge < -0.3 is 24.8 Å². The van der Waals surface area contributed by atoms with Gasteiger partial charge in [0.1, 0.15) is 11.4 Å². The molecule has 2 saturated heterocycles. The van der Waals surface area contributed by atoms with Gasteiger partial charge in [0.25, 0.3) is 0 Å². The predicted molar refractivity (Wildman–Crippen MR) is 257 cm³/mol. The first-order valence-corrected chi connectivity index (χ1v) is 22.8. The maximum absolute atomic E-state index is 14.4. The zero-order valence-electron chi connectivity index (χ0n) is 37.9. The summed E-state index contributed by atoms with van der Waals surface area (Å²) >= 11 is 3.46. The minimum Gasteiger partial charge on any atom is -0.444 e. The Balaban J connectivity index is 0.000000167. The molecule has 18 heteroatoms. The van der Waals surface area contributed by atoms with E-state index in [1.54, 1.807) is 33.6 Å². The fourth-order valence-corrected chi connectivity index (χ4v) is 9.34. The van der Waals surface area contributed by atoms with Crippen molar-refractivity contribution in [2.45, 2.75) is 78.2 Å². The van der Waals surface area contributed by atoms with E-state index in [9.17, 15) is 9.18 Å². The van der Waals surface area contributed by atoms with E-state index < -0.39 is 11.4 Å². The highest BCUT2D eigenvalue weighted by Crippen LogP contribution is 2.32. The van der Waals surface area contributed by atoms with Crippen molar-refractivity contribution in [3.05, 3.63) is 114 Å². The Kier molecular flexibility index (Phi) is 12.3. The summed E-state index contributed by atoms with van der Waals surface area (Å²) in [6.45, 7) is 17.7. The SMILES string of the molecule is C[C@@H]1CN(C(=O)OC(C)(C)C)C[C@H](C)N1c1ccc(-c2cnc3c(Br)cnn3c2)cc1.C[C@@H]1CNC[C@H](C)N1c1ccc(-c2cnc3c(-c4ccc(F)c(-c5nn[nH]n5)c4)cnn3c2)cc1. The van der Waals surface area contributed by atoms with Crippen molar-refractivity contribution < 1.29 is 13.9 Å². The predicted octanol–water partition coefficient (Wildman–Crippen LogP) is 8.56. The lowest BCUT2D eigenvalue weighted by atomic mass is 10.0. The number of carbonyl (C=O) groups is 1. The maximum atomic E-state index is 14.4. The number of halogens is 2. The van der Waals surface area contributed by atoms with E-state index in [4.69, 9.17) is 4.74 Å². The molecule has 0 spiro atoms. The van der Waals surface area contributed by atoms with Crippen molar-refractivity contribution in [3.63, 3.8) is 0 Å². The van der Waals surface area contributed by atoms with E-state index in [0.717, 1.165) is 62.3 Å². The molecule has 66 heavy (non-hydrogen) atoms. The summed E-state index contributed by atoms with van der Waals surface area (Å²) in [5, 5.41) is 26.0. The molecule has 4 atom stereocenters. The molecule has 7 heterocycles. The largest absolute Gasteiger partial charge is 0.444 e. The molecule has 0 bridgehead atoms. The lowest BCUT2D eigenvalue weighted by molar-refractivity contribution is 0.0193. The number of hydrogen-bond donors (Lipinski definition) is 2. The van der Waals surface area contributed by atoms with Crippen LogP contribution in [-0.2, 0) is 4.74 Å². The standard InChI is InChI=1S/C25H24FN9.C23H28BrN5O2/c1-15-10-27-11-16(2)35(15)20-6-3-17(4-7-20)19-12-28-25-22(13-29-34(25)14-19)18-5-8-23(26)21(9-18)24-30-32-33-31-24;1-15-12-27(22(30)31-23(3,4)5)13-16(2)29(15)19-8-6-17(7-9-19)18-10-25-21-20(24)11-26-28(21)14-18/h3-9,12-16,27H,10-11H2,1-2H3,(H,30,31,32,33);6-11,14-16H,12-13H2,1-5H3/t2*15-,16+. The fourth-order valence-electron chi connectivity index (χ4n) is 8.96. The van der Waals surface area contributed by atoms with Crippen LogP contribution in [0.5, 0.6) is 0 Å². The topological polar surface area (TPSA) is 163 Å². The second-order valence-electron chi connectivity index (χ2n) is 18.1. The van der Waals surface area contributed by atoms with Crippen LogP contribution in [0.1, 0.15) is 48.5 Å². The number of benzene rings is 3. The van der Waals surface area contributed by atoms with Crippen molar-refractivity contribution in [2.24, 2.45) is 0 Å². The van der Waals surface area contributed by atoms with E-state index in [1.807, 2.05) is 50.5 Å². The zero-order valence-corrected chi connectivity index (χ0v) is 39.5. The number of rotatable bonds is 6. The van der Waals surface area contributed by atoms with Gasteiger partial charge in [0.05, 0.1) is 22.4 Å². The van der Waals surface area contributed by atoms with Crippen molar-refractivity contribution in [1.29, 1.82) is 0 Å². The first kappa shape index (κ1) is 44.4. The van der Waals surface area contributed by atoms with Crippen LogP contribution in [0.4, 0.5) is 20.6 Å². The Hall–Kier alpha value is -6.79. The van der Waals surface area contributed by atoms with Gasteiger partial charge in [0, 0.05) is 103 Å². The number of piperazine rings is 2. The molecule has 0 radical (unpaired) electrons. The quantitative estimate of drug-likeness (QED) is 0.164. The molecule has 16 nitrogen and oxygen atoms in total. The summed E-state index contributed by atoms with van der Waals surface area (Å²) in [4.78, 5) is 28.3. The Labute approximate surface area is 390 Å². The molecular weight excluding hydrogens is 904 g/mol. The third kappa shape index (κ3) is 9.19. The van der Waals surface area contributed by atoms with E-state index >= 15 is 0 Å². The molecule has 1 amide bonds. The van der Waals surface area contributed by atoms with Crippen LogP contribution < -0.4 is 15.1 Å². The van der Waals surface area contributed by atoms with Crippen LogP contribution in [0.25, 0.3) is 56.1 Å². The normalized spacial score (nSPS) is 19.0. The molecule has 0 unspecified atom stereocenters. The number of nitrogens with one attached hydrogen (secondary N) is 2. The van der Waals surface area contributed by atoms with E-state index in [-0.39, 0.29) is 29.6 Å². The molecule has 10 rings (SSSR count). The van der Waals surface area contributed by atoms with Crippen LogP contribution >= 0.6 is 15.9 Å². The van der Waals surface area contributed by atoms with Gasteiger partial charge in [-0.25, -0.2) is 28.2 Å². The zero-order chi connectivity index (χ0) is 46.3. The number of aromatic nitrogens is 10. The lowest BCUT2D eigenvalue weighted by Crippen LogP contribution is -2.58. The van der Waals surface area contributed by atoms with Gasteiger partial charge in [-0.3, -0.25) is 0 Å². The molecule has 2 N–H and O–H groups in total. The summed E-state index contributed by atoms with van der Waals surface area (Å²) in [6.07, 6.45) is 10.9. The number of H-pyrrole nitrogens is 1. The number of fused-ring (bicyclic) bond motifs is 2. The highest BCUT2D eigenvalue weighted by atomic mass is 79.9. The Morgan fingerprint density at radius 1 is 0.697 bits per heavy atom. The maximum Gasteiger partial charge on any atom is 0.410 e. The number of aromatic amines is 1. The molecule has 2 fully saturated rings. The molecule has 5 aromatic heterocycles.